The van der Waals surface area contributed by atoms with Crippen LogP contribution >= 0.6 is 0 Å². The van der Waals surface area contributed by atoms with Crippen LogP contribution in [0.4, 0.5) is 0 Å². The smallest absolute Gasteiger partial charge is 0.329 e. The molecule has 4 atom stereocenters. The number of benzene rings is 1. The Hall–Kier alpha value is -2.77. The second-order valence-electron chi connectivity index (χ2n) is 12.1. The number of likely N-dealkylation sites (tertiary alicyclic amines) is 1. The lowest BCUT2D eigenvalue weighted by Gasteiger charge is -2.40. The molecule has 0 bridgehead atoms. The first-order chi connectivity index (χ1) is 17.2. The van der Waals surface area contributed by atoms with Gasteiger partial charge in [0.05, 0.1) is 6.10 Å². The summed E-state index contributed by atoms with van der Waals surface area (Å²) in [5.74, 6) is -0.930. The third-order valence-corrected chi connectivity index (χ3v) is 9.05. The number of rotatable bonds is 9. The molecule has 4 unspecified atom stereocenters. The Labute approximate surface area is 220 Å². The van der Waals surface area contributed by atoms with E-state index in [4.69, 9.17) is 4.74 Å². The number of carbonyl (C=O) groups excluding carboxylic acids is 3. The van der Waals surface area contributed by atoms with E-state index < -0.39 is 12.1 Å². The van der Waals surface area contributed by atoms with Gasteiger partial charge >= 0.3 is 5.97 Å². The molecule has 1 aromatic carbocycles. The minimum absolute atomic E-state index is 0.124. The fourth-order valence-electron chi connectivity index (χ4n) is 5.79. The van der Waals surface area contributed by atoms with Crippen molar-refractivity contribution in [1.29, 1.82) is 0 Å². The normalized spacial score (nSPS) is 23.9. The number of hydrogen-bond acceptors (Lipinski definition) is 6. The molecule has 3 rings (SSSR count). The number of carbonyl (C=O) groups is 3. The van der Waals surface area contributed by atoms with Crippen molar-refractivity contribution in [3.05, 3.63) is 23.8 Å². The SMILES string of the molecule is CC(CC1CCC(C)(C)C1(C)C)OC(=O)C1CCCN1C(=O)C(C)NC(=O)CCc1ccc(O)c(O)c1. The molecule has 3 N–H and O–H groups in total. The van der Waals surface area contributed by atoms with Crippen molar-refractivity contribution in [3.8, 4) is 11.5 Å². The van der Waals surface area contributed by atoms with Crippen molar-refractivity contribution in [1.82, 2.24) is 10.2 Å². The highest BCUT2D eigenvalue weighted by atomic mass is 16.5. The molecule has 8 heteroatoms. The number of nitrogens with zero attached hydrogens (tertiary/aromatic N) is 1. The van der Waals surface area contributed by atoms with Crippen molar-refractivity contribution < 1.29 is 29.3 Å². The maximum absolute atomic E-state index is 13.1. The van der Waals surface area contributed by atoms with Crippen molar-refractivity contribution in [3.63, 3.8) is 0 Å². The van der Waals surface area contributed by atoms with Crippen LogP contribution < -0.4 is 5.32 Å². The number of aryl methyl sites for hydroxylation is 1. The Morgan fingerprint density at radius 1 is 1.11 bits per heavy atom. The van der Waals surface area contributed by atoms with E-state index in [-0.39, 0.29) is 52.6 Å². The summed E-state index contributed by atoms with van der Waals surface area (Å²) in [7, 11) is 0. The summed E-state index contributed by atoms with van der Waals surface area (Å²) in [6.07, 6.45) is 4.64. The van der Waals surface area contributed by atoms with Crippen molar-refractivity contribution in [2.45, 2.75) is 105 Å². The molecule has 0 spiro atoms. The Kier molecular flexibility index (Phi) is 8.81. The van der Waals surface area contributed by atoms with Gasteiger partial charge in [0.15, 0.2) is 11.5 Å². The zero-order valence-corrected chi connectivity index (χ0v) is 23.2. The van der Waals surface area contributed by atoms with Gasteiger partial charge in [0.2, 0.25) is 11.8 Å². The molecule has 0 aromatic heterocycles. The second-order valence-corrected chi connectivity index (χ2v) is 12.1. The molecule has 1 heterocycles. The van der Waals surface area contributed by atoms with Gasteiger partial charge in [-0.2, -0.15) is 0 Å². The average Bonchev–Trinajstić information content (AvgIpc) is 3.38. The molecule has 1 aliphatic heterocycles. The van der Waals surface area contributed by atoms with Gasteiger partial charge in [-0.1, -0.05) is 33.8 Å². The minimum Gasteiger partial charge on any atom is -0.504 e. The van der Waals surface area contributed by atoms with Crippen LogP contribution in [0.5, 0.6) is 11.5 Å². The zero-order valence-electron chi connectivity index (χ0n) is 23.2. The predicted octanol–water partition coefficient (Wildman–Crippen LogP) is 4.31. The quantitative estimate of drug-likeness (QED) is 0.333. The Bertz CT molecular complexity index is 1000. The number of aromatic hydroxyl groups is 2. The van der Waals surface area contributed by atoms with E-state index in [2.05, 4.69) is 33.0 Å². The fourth-order valence-corrected chi connectivity index (χ4v) is 5.79. The lowest BCUT2D eigenvalue weighted by atomic mass is 9.66. The first-order valence-electron chi connectivity index (χ1n) is 13.5. The first kappa shape index (κ1) is 28.8. The molecule has 37 heavy (non-hydrogen) atoms. The van der Waals surface area contributed by atoms with E-state index in [9.17, 15) is 24.6 Å². The van der Waals surface area contributed by atoms with E-state index >= 15 is 0 Å². The summed E-state index contributed by atoms with van der Waals surface area (Å²) in [6.45, 7) is 13.3. The number of hydrogen-bond donors (Lipinski definition) is 3. The van der Waals surface area contributed by atoms with Crippen LogP contribution in [0.2, 0.25) is 0 Å². The minimum atomic E-state index is -0.770. The second kappa shape index (κ2) is 11.3. The van der Waals surface area contributed by atoms with Gasteiger partial charge in [0.25, 0.3) is 0 Å². The van der Waals surface area contributed by atoms with E-state index in [1.807, 2.05) is 6.92 Å². The number of nitrogens with one attached hydrogen (secondary N) is 1. The molecule has 2 fully saturated rings. The number of ether oxygens (including phenoxy) is 1. The molecule has 1 saturated heterocycles. The van der Waals surface area contributed by atoms with E-state index in [0.29, 0.717) is 30.9 Å². The van der Waals surface area contributed by atoms with E-state index in [1.54, 1.807) is 17.9 Å². The largest absolute Gasteiger partial charge is 0.504 e. The lowest BCUT2D eigenvalue weighted by molar-refractivity contribution is -0.158. The summed E-state index contributed by atoms with van der Waals surface area (Å²) in [4.78, 5) is 40.1. The van der Waals surface area contributed by atoms with Crippen LogP contribution in [0.15, 0.2) is 18.2 Å². The van der Waals surface area contributed by atoms with Gasteiger partial charge < -0.3 is 25.2 Å². The summed E-state index contributed by atoms with van der Waals surface area (Å²) >= 11 is 0. The average molecular weight is 517 g/mol. The highest BCUT2D eigenvalue weighted by Gasteiger charge is 2.48. The van der Waals surface area contributed by atoms with E-state index in [1.165, 1.54) is 12.1 Å². The molecular weight excluding hydrogens is 472 g/mol. The maximum Gasteiger partial charge on any atom is 0.329 e. The number of amides is 2. The Balaban J connectivity index is 1.50. The Morgan fingerprint density at radius 2 is 1.81 bits per heavy atom. The molecule has 2 aliphatic rings. The van der Waals surface area contributed by atoms with Crippen LogP contribution in [0.25, 0.3) is 0 Å². The van der Waals surface area contributed by atoms with Gasteiger partial charge in [-0.05, 0) is 86.8 Å². The molecule has 8 nitrogen and oxygen atoms in total. The van der Waals surface area contributed by atoms with Crippen molar-refractivity contribution in [2.75, 3.05) is 6.54 Å². The third kappa shape index (κ3) is 6.57. The summed E-state index contributed by atoms with van der Waals surface area (Å²) in [5.41, 5.74) is 1.12. The van der Waals surface area contributed by atoms with Crippen LogP contribution in [-0.2, 0) is 25.5 Å². The Morgan fingerprint density at radius 3 is 2.43 bits per heavy atom. The standard InChI is InChI=1S/C29H44N2O6/c1-18(16-21-13-14-28(3,4)29(21,5)6)37-27(36)22-8-7-15-31(22)26(35)19(2)30-25(34)12-10-20-9-11-23(32)24(33)17-20/h9,11,17-19,21-22,32-33H,7-8,10,12-16H2,1-6H3,(H,30,34). The van der Waals surface area contributed by atoms with Gasteiger partial charge in [0.1, 0.15) is 12.1 Å². The maximum atomic E-state index is 13.1. The molecule has 1 saturated carbocycles. The third-order valence-electron chi connectivity index (χ3n) is 9.05. The van der Waals surface area contributed by atoms with Crippen LogP contribution in [0.1, 0.15) is 85.6 Å². The molecule has 2 amide bonds. The van der Waals surface area contributed by atoms with Gasteiger partial charge in [-0.15, -0.1) is 0 Å². The summed E-state index contributed by atoms with van der Waals surface area (Å²) < 4.78 is 5.85. The predicted molar refractivity (Wildman–Crippen MR) is 141 cm³/mol. The lowest BCUT2D eigenvalue weighted by Crippen LogP contribution is -2.51. The summed E-state index contributed by atoms with van der Waals surface area (Å²) in [5, 5.41) is 21.7. The summed E-state index contributed by atoms with van der Waals surface area (Å²) in [6, 6.07) is 3.02. The highest BCUT2D eigenvalue weighted by Crippen LogP contribution is 2.57. The van der Waals surface area contributed by atoms with Crippen LogP contribution in [-0.4, -0.2) is 57.6 Å². The topological polar surface area (TPSA) is 116 Å². The van der Waals surface area contributed by atoms with Crippen molar-refractivity contribution >= 4 is 17.8 Å². The van der Waals surface area contributed by atoms with Gasteiger partial charge in [-0.3, -0.25) is 9.59 Å². The fraction of sp³-hybridized carbons (Fsp3) is 0.690. The molecule has 1 aliphatic carbocycles. The number of esters is 1. The monoisotopic (exact) mass is 516 g/mol. The zero-order chi connectivity index (χ0) is 27.5. The molecule has 1 aromatic rings. The van der Waals surface area contributed by atoms with Crippen molar-refractivity contribution in [2.24, 2.45) is 16.7 Å². The van der Waals surface area contributed by atoms with Gasteiger partial charge in [0, 0.05) is 13.0 Å². The molecule has 0 radical (unpaired) electrons. The number of phenols is 2. The van der Waals surface area contributed by atoms with Crippen LogP contribution in [0.3, 0.4) is 0 Å². The highest BCUT2D eigenvalue weighted by molar-refractivity contribution is 5.91. The van der Waals surface area contributed by atoms with Crippen LogP contribution in [0, 0.1) is 16.7 Å². The molecular formula is C29H44N2O6. The van der Waals surface area contributed by atoms with Gasteiger partial charge in [-0.25, -0.2) is 4.79 Å². The number of phenolic OH excluding ortho intramolecular Hbond substituents is 2. The van der Waals surface area contributed by atoms with E-state index in [0.717, 1.165) is 25.7 Å². The molecule has 206 valence electrons. The first-order valence-corrected chi connectivity index (χ1v) is 13.5.